The van der Waals surface area contributed by atoms with E-state index in [-0.39, 0.29) is 0 Å². The molecule has 0 aliphatic carbocycles. The van der Waals surface area contributed by atoms with E-state index in [4.69, 9.17) is 4.74 Å². The number of hydrogen-bond acceptors (Lipinski definition) is 3. The molecule has 100 valence electrons. The van der Waals surface area contributed by atoms with Crippen LogP contribution >= 0.6 is 27.3 Å². The number of halogens is 1. The molecule has 2 aromatic rings. The van der Waals surface area contributed by atoms with Crippen molar-refractivity contribution in [1.29, 1.82) is 0 Å². The lowest BCUT2D eigenvalue weighted by atomic mass is 9.99. The largest absolute Gasteiger partial charge is 0.493 e. The van der Waals surface area contributed by atoms with Crippen LogP contribution in [0.3, 0.4) is 0 Å². The molecule has 1 aliphatic heterocycles. The molecule has 0 radical (unpaired) electrons. The number of fused-ring (bicyclic) bond motifs is 1. The van der Waals surface area contributed by atoms with E-state index < -0.39 is 0 Å². The number of thiophene rings is 1. The van der Waals surface area contributed by atoms with E-state index >= 15 is 0 Å². The van der Waals surface area contributed by atoms with Gasteiger partial charge in [0.1, 0.15) is 5.75 Å². The Bertz CT molecular complexity index is 569. The minimum absolute atomic E-state index is 0.354. The molecule has 0 saturated heterocycles. The highest BCUT2D eigenvalue weighted by molar-refractivity contribution is 9.10. The second kappa shape index (κ2) is 5.65. The first-order valence-electron chi connectivity index (χ1n) is 6.46. The average molecular weight is 338 g/mol. The van der Waals surface area contributed by atoms with Gasteiger partial charge in [-0.1, -0.05) is 18.2 Å². The molecule has 0 bridgehead atoms. The zero-order valence-electron chi connectivity index (χ0n) is 10.7. The molecule has 1 aliphatic rings. The van der Waals surface area contributed by atoms with Crippen LogP contribution in [0.15, 0.2) is 40.2 Å². The van der Waals surface area contributed by atoms with Gasteiger partial charge in [0.2, 0.25) is 0 Å². The van der Waals surface area contributed by atoms with Gasteiger partial charge in [-0.05, 0) is 35.0 Å². The van der Waals surface area contributed by atoms with Crippen molar-refractivity contribution in [3.05, 3.63) is 50.6 Å². The zero-order chi connectivity index (χ0) is 13.2. The van der Waals surface area contributed by atoms with Crippen LogP contribution in [0.1, 0.15) is 35.9 Å². The van der Waals surface area contributed by atoms with Crippen LogP contribution < -0.4 is 10.1 Å². The standard InChI is InChI=1S/C15H16BrNOS/c1-10(15-8-11(16)9-19-15)17-13-6-7-18-14-5-3-2-4-12(13)14/h2-5,8-10,13,17H,6-7H2,1H3. The monoisotopic (exact) mass is 337 g/mol. The van der Waals surface area contributed by atoms with Crippen LogP contribution in [0, 0.1) is 0 Å². The summed E-state index contributed by atoms with van der Waals surface area (Å²) in [7, 11) is 0. The fourth-order valence-corrected chi connectivity index (χ4v) is 3.92. The molecule has 2 nitrogen and oxygen atoms in total. The second-order valence-corrected chi connectivity index (χ2v) is 6.64. The summed E-state index contributed by atoms with van der Waals surface area (Å²) >= 11 is 5.30. The van der Waals surface area contributed by atoms with Gasteiger partial charge in [-0.15, -0.1) is 11.3 Å². The van der Waals surface area contributed by atoms with Crippen LogP contribution in [-0.4, -0.2) is 6.61 Å². The van der Waals surface area contributed by atoms with Gasteiger partial charge in [0.15, 0.2) is 0 Å². The lowest BCUT2D eigenvalue weighted by molar-refractivity contribution is 0.246. The summed E-state index contributed by atoms with van der Waals surface area (Å²) in [5.74, 6) is 1.02. The summed E-state index contributed by atoms with van der Waals surface area (Å²) in [5, 5.41) is 5.84. The van der Waals surface area contributed by atoms with Gasteiger partial charge < -0.3 is 10.1 Å². The molecule has 1 aromatic carbocycles. The van der Waals surface area contributed by atoms with E-state index in [9.17, 15) is 0 Å². The molecule has 2 atom stereocenters. The van der Waals surface area contributed by atoms with Gasteiger partial charge in [0.25, 0.3) is 0 Å². The number of benzene rings is 1. The first-order valence-corrected chi connectivity index (χ1v) is 8.13. The van der Waals surface area contributed by atoms with Gasteiger partial charge in [-0.25, -0.2) is 0 Å². The number of ether oxygens (including phenoxy) is 1. The Balaban J connectivity index is 1.77. The SMILES string of the molecule is CC(NC1CCOc2ccccc21)c1cc(Br)cs1. The fourth-order valence-electron chi connectivity index (χ4n) is 2.45. The third-order valence-electron chi connectivity index (χ3n) is 3.42. The van der Waals surface area contributed by atoms with E-state index in [2.05, 4.69) is 57.8 Å². The van der Waals surface area contributed by atoms with E-state index in [1.54, 1.807) is 11.3 Å². The molecule has 0 fully saturated rings. The van der Waals surface area contributed by atoms with Gasteiger partial charge in [0, 0.05) is 38.8 Å². The number of para-hydroxylation sites is 1. The first-order chi connectivity index (χ1) is 9.24. The van der Waals surface area contributed by atoms with E-state index in [0.717, 1.165) is 23.2 Å². The summed E-state index contributed by atoms with van der Waals surface area (Å²) in [6, 6.07) is 11.2. The highest BCUT2D eigenvalue weighted by Crippen LogP contribution is 2.34. The lowest BCUT2D eigenvalue weighted by Crippen LogP contribution is -2.28. The Kier molecular flexibility index (Phi) is 3.91. The molecule has 2 heterocycles. The summed E-state index contributed by atoms with van der Waals surface area (Å²) in [6.45, 7) is 3.01. The summed E-state index contributed by atoms with van der Waals surface area (Å²) in [4.78, 5) is 1.36. The maximum Gasteiger partial charge on any atom is 0.124 e. The number of nitrogens with one attached hydrogen (secondary N) is 1. The molecule has 1 aromatic heterocycles. The van der Waals surface area contributed by atoms with Crippen LogP contribution in [0.4, 0.5) is 0 Å². The van der Waals surface area contributed by atoms with Crippen molar-refractivity contribution in [2.24, 2.45) is 0 Å². The molecular weight excluding hydrogens is 322 g/mol. The Morgan fingerprint density at radius 1 is 1.42 bits per heavy atom. The lowest BCUT2D eigenvalue weighted by Gasteiger charge is -2.29. The Morgan fingerprint density at radius 3 is 3.05 bits per heavy atom. The minimum atomic E-state index is 0.354. The molecule has 0 saturated carbocycles. The van der Waals surface area contributed by atoms with Crippen LogP contribution in [0.25, 0.3) is 0 Å². The third-order valence-corrected chi connectivity index (χ3v) is 5.30. The Labute approximate surface area is 125 Å². The summed E-state index contributed by atoms with van der Waals surface area (Å²) < 4.78 is 6.86. The minimum Gasteiger partial charge on any atom is -0.493 e. The fraction of sp³-hybridized carbons (Fsp3) is 0.333. The summed E-state index contributed by atoms with van der Waals surface area (Å²) in [5.41, 5.74) is 1.27. The highest BCUT2D eigenvalue weighted by atomic mass is 79.9. The molecule has 0 amide bonds. The van der Waals surface area contributed by atoms with Gasteiger partial charge in [-0.3, -0.25) is 0 Å². The zero-order valence-corrected chi connectivity index (χ0v) is 13.1. The van der Waals surface area contributed by atoms with Crippen molar-refractivity contribution in [3.8, 4) is 5.75 Å². The molecule has 0 spiro atoms. The Morgan fingerprint density at radius 2 is 2.26 bits per heavy atom. The van der Waals surface area contributed by atoms with Gasteiger partial charge in [-0.2, -0.15) is 0 Å². The van der Waals surface area contributed by atoms with Crippen molar-refractivity contribution < 1.29 is 4.74 Å². The molecule has 19 heavy (non-hydrogen) atoms. The van der Waals surface area contributed by atoms with Crippen LogP contribution in [-0.2, 0) is 0 Å². The normalized spacial score (nSPS) is 19.6. The molecular formula is C15H16BrNOS. The van der Waals surface area contributed by atoms with Crippen molar-refractivity contribution in [3.63, 3.8) is 0 Å². The molecule has 2 unspecified atom stereocenters. The maximum absolute atomic E-state index is 5.70. The predicted octanol–water partition coefficient (Wildman–Crippen LogP) is 4.69. The Hall–Kier alpha value is -0.840. The van der Waals surface area contributed by atoms with Crippen molar-refractivity contribution in [2.45, 2.75) is 25.4 Å². The van der Waals surface area contributed by atoms with E-state index in [0.29, 0.717) is 12.1 Å². The van der Waals surface area contributed by atoms with Gasteiger partial charge >= 0.3 is 0 Å². The van der Waals surface area contributed by atoms with Crippen LogP contribution in [0.2, 0.25) is 0 Å². The van der Waals surface area contributed by atoms with E-state index in [1.807, 2.05) is 6.07 Å². The topological polar surface area (TPSA) is 21.3 Å². The third kappa shape index (κ3) is 2.86. The van der Waals surface area contributed by atoms with Crippen molar-refractivity contribution in [2.75, 3.05) is 6.61 Å². The molecule has 3 rings (SSSR count). The quantitative estimate of drug-likeness (QED) is 0.877. The second-order valence-electron chi connectivity index (χ2n) is 4.78. The number of rotatable bonds is 3. The van der Waals surface area contributed by atoms with Crippen molar-refractivity contribution >= 4 is 27.3 Å². The maximum atomic E-state index is 5.70. The summed E-state index contributed by atoms with van der Waals surface area (Å²) in [6.07, 6.45) is 1.02. The van der Waals surface area contributed by atoms with E-state index in [1.165, 1.54) is 10.4 Å². The molecule has 4 heteroatoms. The predicted molar refractivity (Wildman–Crippen MR) is 82.9 cm³/mol. The first kappa shape index (κ1) is 13.2. The smallest absolute Gasteiger partial charge is 0.124 e. The average Bonchev–Trinajstić information content (AvgIpc) is 2.86. The number of hydrogen-bond donors (Lipinski definition) is 1. The van der Waals surface area contributed by atoms with Crippen molar-refractivity contribution in [1.82, 2.24) is 5.32 Å². The van der Waals surface area contributed by atoms with Crippen LogP contribution in [0.5, 0.6) is 5.75 Å². The molecule has 1 N–H and O–H groups in total. The highest BCUT2D eigenvalue weighted by Gasteiger charge is 2.23. The van der Waals surface area contributed by atoms with Gasteiger partial charge in [0.05, 0.1) is 6.61 Å².